The quantitative estimate of drug-likeness (QED) is 0.860. The zero-order valence-corrected chi connectivity index (χ0v) is 11.9. The molecule has 0 radical (unpaired) electrons. The van der Waals surface area contributed by atoms with Crippen LogP contribution in [-0.4, -0.2) is 50.9 Å². The highest BCUT2D eigenvalue weighted by atomic mass is 16.1. The lowest BCUT2D eigenvalue weighted by Gasteiger charge is -2.25. The summed E-state index contributed by atoms with van der Waals surface area (Å²) in [7, 11) is 0. The average molecular weight is 283 g/mol. The maximum atomic E-state index is 12.3. The number of rotatable bonds is 4. The number of nitrogens with one attached hydrogen (secondary N) is 1. The molecule has 6 nitrogen and oxygen atoms in total. The maximum absolute atomic E-state index is 12.3. The zero-order valence-electron chi connectivity index (χ0n) is 11.9. The van der Waals surface area contributed by atoms with Gasteiger partial charge in [-0.15, -0.1) is 10.2 Å². The van der Waals surface area contributed by atoms with Crippen molar-refractivity contribution in [1.29, 1.82) is 0 Å². The number of carbonyl (C=O) groups is 1. The van der Waals surface area contributed by atoms with Gasteiger partial charge in [0.2, 0.25) is 5.82 Å². The van der Waals surface area contributed by atoms with Crippen LogP contribution in [0.4, 0.5) is 0 Å². The van der Waals surface area contributed by atoms with Crippen molar-refractivity contribution in [2.24, 2.45) is 0 Å². The Kier molecular flexibility index (Phi) is 3.87. The standard InChI is InChI=1S/C15H17N5O/c1-11-4-6-12(7-5-11)14(21)10-20-8-2-3-13(9-20)15-16-18-19-17-15/h3-7H,2,8-10H2,1H3,(H,16,17,18,19). The van der Waals surface area contributed by atoms with Gasteiger partial charge in [0.1, 0.15) is 0 Å². The number of Topliss-reactive ketones (excluding diaryl/α,β-unsaturated/α-hetero) is 1. The Hall–Kier alpha value is -2.34. The second kappa shape index (κ2) is 5.97. The molecule has 0 unspecified atom stereocenters. The molecule has 0 amide bonds. The highest BCUT2D eigenvalue weighted by Crippen LogP contribution is 2.17. The number of H-pyrrole nitrogens is 1. The largest absolute Gasteiger partial charge is 0.293 e. The van der Waals surface area contributed by atoms with Gasteiger partial charge in [-0.2, -0.15) is 5.21 Å². The fourth-order valence-corrected chi connectivity index (χ4v) is 2.43. The topological polar surface area (TPSA) is 74.8 Å². The molecule has 1 N–H and O–H groups in total. The molecule has 0 saturated heterocycles. The van der Waals surface area contributed by atoms with E-state index < -0.39 is 0 Å². The smallest absolute Gasteiger partial charge is 0.201 e. The summed E-state index contributed by atoms with van der Waals surface area (Å²) < 4.78 is 0. The molecular weight excluding hydrogens is 266 g/mol. The third-order valence-corrected chi connectivity index (χ3v) is 3.60. The molecule has 108 valence electrons. The second-order valence-electron chi connectivity index (χ2n) is 5.25. The molecule has 1 aromatic carbocycles. The van der Waals surface area contributed by atoms with Crippen LogP contribution in [0.2, 0.25) is 0 Å². The highest BCUT2D eigenvalue weighted by molar-refractivity contribution is 5.97. The number of ketones is 1. The number of aromatic amines is 1. The first-order chi connectivity index (χ1) is 10.2. The van der Waals surface area contributed by atoms with Gasteiger partial charge in [-0.1, -0.05) is 35.9 Å². The predicted octanol–water partition coefficient (Wildman–Crippen LogP) is 1.48. The predicted molar refractivity (Wildman–Crippen MR) is 78.7 cm³/mol. The summed E-state index contributed by atoms with van der Waals surface area (Å²) in [5, 5.41) is 14.0. The highest BCUT2D eigenvalue weighted by Gasteiger charge is 2.19. The zero-order chi connectivity index (χ0) is 14.7. The minimum atomic E-state index is 0.143. The lowest BCUT2D eigenvalue weighted by Crippen LogP contribution is -2.34. The van der Waals surface area contributed by atoms with E-state index >= 15 is 0 Å². The molecule has 1 aromatic heterocycles. The molecule has 2 heterocycles. The molecule has 1 aliphatic heterocycles. The summed E-state index contributed by atoms with van der Waals surface area (Å²) in [5.41, 5.74) is 2.94. The summed E-state index contributed by atoms with van der Waals surface area (Å²) in [5.74, 6) is 0.756. The van der Waals surface area contributed by atoms with Crippen LogP contribution in [0.15, 0.2) is 30.3 Å². The number of tetrazole rings is 1. The van der Waals surface area contributed by atoms with Gasteiger partial charge < -0.3 is 0 Å². The van der Waals surface area contributed by atoms with E-state index in [1.54, 1.807) is 0 Å². The van der Waals surface area contributed by atoms with Crippen LogP contribution in [0.5, 0.6) is 0 Å². The first-order valence-corrected chi connectivity index (χ1v) is 6.97. The fraction of sp³-hybridized carbons (Fsp3) is 0.333. The Morgan fingerprint density at radius 2 is 2.14 bits per heavy atom. The van der Waals surface area contributed by atoms with E-state index in [0.29, 0.717) is 18.9 Å². The first kappa shape index (κ1) is 13.6. The summed E-state index contributed by atoms with van der Waals surface area (Å²) >= 11 is 0. The van der Waals surface area contributed by atoms with Crippen molar-refractivity contribution in [2.45, 2.75) is 13.3 Å². The minimum absolute atomic E-state index is 0.143. The number of aromatic nitrogens is 4. The molecule has 0 atom stereocenters. The monoisotopic (exact) mass is 283 g/mol. The molecule has 0 bridgehead atoms. The third kappa shape index (κ3) is 3.22. The van der Waals surface area contributed by atoms with Crippen LogP contribution in [-0.2, 0) is 0 Å². The molecule has 2 aromatic rings. The summed E-state index contributed by atoms with van der Waals surface area (Å²) in [4.78, 5) is 14.4. The Labute approximate surface area is 122 Å². The molecule has 3 rings (SSSR count). The van der Waals surface area contributed by atoms with Gasteiger partial charge in [-0.3, -0.25) is 9.69 Å². The SMILES string of the molecule is Cc1ccc(C(=O)CN2CCC=C(c3nn[nH]n3)C2)cc1. The normalized spacial score (nSPS) is 15.8. The van der Waals surface area contributed by atoms with E-state index in [4.69, 9.17) is 0 Å². The number of hydrogen-bond acceptors (Lipinski definition) is 5. The van der Waals surface area contributed by atoms with E-state index in [-0.39, 0.29) is 5.78 Å². The van der Waals surface area contributed by atoms with Gasteiger partial charge in [-0.05, 0) is 18.6 Å². The van der Waals surface area contributed by atoms with Crippen molar-refractivity contribution in [3.05, 3.63) is 47.3 Å². The number of hydrogen-bond donors (Lipinski definition) is 1. The Morgan fingerprint density at radius 1 is 1.33 bits per heavy atom. The van der Waals surface area contributed by atoms with E-state index in [9.17, 15) is 4.79 Å². The number of nitrogens with zero attached hydrogens (tertiary/aromatic N) is 4. The molecule has 6 heteroatoms. The van der Waals surface area contributed by atoms with E-state index in [0.717, 1.165) is 29.7 Å². The Bertz CT molecular complexity index is 645. The molecule has 0 aliphatic carbocycles. The summed E-state index contributed by atoms with van der Waals surface area (Å²) in [6.45, 7) is 3.98. The average Bonchev–Trinajstić information content (AvgIpc) is 3.02. The summed E-state index contributed by atoms with van der Waals surface area (Å²) in [6.07, 6.45) is 3.00. The van der Waals surface area contributed by atoms with Gasteiger partial charge >= 0.3 is 0 Å². The maximum Gasteiger partial charge on any atom is 0.201 e. The van der Waals surface area contributed by atoms with Crippen LogP contribution in [0, 0.1) is 6.92 Å². The van der Waals surface area contributed by atoms with E-state index in [2.05, 4.69) is 31.6 Å². The summed E-state index contributed by atoms with van der Waals surface area (Å²) in [6, 6.07) is 7.71. The molecular formula is C15H17N5O. The van der Waals surface area contributed by atoms with Gasteiger partial charge in [0.05, 0.1) is 6.54 Å². The lowest BCUT2D eigenvalue weighted by molar-refractivity contribution is 0.0938. The minimum Gasteiger partial charge on any atom is -0.293 e. The van der Waals surface area contributed by atoms with Gasteiger partial charge in [0.25, 0.3) is 0 Å². The van der Waals surface area contributed by atoms with Gasteiger partial charge in [0, 0.05) is 24.2 Å². The van der Waals surface area contributed by atoms with Gasteiger partial charge in [0.15, 0.2) is 5.78 Å². The van der Waals surface area contributed by atoms with Crippen LogP contribution < -0.4 is 0 Å². The Morgan fingerprint density at radius 3 is 2.86 bits per heavy atom. The van der Waals surface area contributed by atoms with Crippen LogP contribution in [0.25, 0.3) is 5.57 Å². The number of aryl methyl sites for hydroxylation is 1. The molecule has 0 fully saturated rings. The van der Waals surface area contributed by atoms with Crippen molar-refractivity contribution in [3.63, 3.8) is 0 Å². The van der Waals surface area contributed by atoms with Crippen LogP contribution in [0.1, 0.15) is 28.2 Å². The number of benzene rings is 1. The van der Waals surface area contributed by atoms with Crippen LogP contribution >= 0.6 is 0 Å². The third-order valence-electron chi connectivity index (χ3n) is 3.60. The molecule has 1 aliphatic rings. The van der Waals surface area contributed by atoms with Crippen molar-refractivity contribution < 1.29 is 4.79 Å². The molecule has 0 saturated carbocycles. The van der Waals surface area contributed by atoms with Gasteiger partial charge in [-0.25, -0.2) is 0 Å². The van der Waals surface area contributed by atoms with E-state index in [1.165, 1.54) is 0 Å². The van der Waals surface area contributed by atoms with Crippen molar-refractivity contribution in [3.8, 4) is 0 Å². The second-order valence-corrected chi connectivity index (χ2v) is 5.25. The van der Waals surface area contributed by atoms with Crippen molar-refractivity contribution in [1.82, 2.24) is 25.5 Å². The fourth-order valence-electron chi connectivity index (χ4n) is 2.43. The Balaban J connectivity index is 1.65. The van der Waals surface area contributed by atoms with Crippen molar-refractivity contribution in [2.75, 3.05) is 19.6 Å². The van der Waals surface area contributed by atoms with E-state index in [1.807, 2.05) is 31.2 Å². The molecule has 21 heavy (non-hydrogen) atoms. The molecule has 0 spiro atoms. The van der Waals surface area contributed by atoms with Crippen LogP contribution in [0.3, 0.4) is 0 Å². The lowest BCUT2D eigenvalue weighted by atomic mass is 10.1. The first-order valence-electron chi connectivity index (χ1n) is 6.97. The van der Waals surface area contributed by atoms with Crippen molar-refractivity contribution >= 4 is 11.4 Å². The number of carbonyl (C=O) groups excluding carboxylic acids is 1.